The molecule has 0 aliphatic heterocycles. The third-order valence-electron chi connectivity index (χ3n) is 4.82. The average Bonchev–Trinajstić information content (AvgIpc) is 2.66. The van der Waals surface area contributed by atoms with Gasteiger partial charge in [-0.15, -0.1) is 0 Å². The summed E-state index contributed by atoms with van der Waals surface area (Å²) in [7, 11) is 1.36. The van der Waals surface area contributed by atoms with Crippen molar-refractivity contribution < 1.29 is 14.3 Å². The van der Waals surface area contributed by atoms with Crippen LogP contribution in [0.2, 0.25) is 0 Å². The van der Waals surface area contributed by atoms with E-state index in [1.807, 2.05) is 24.3 Å². The number of rotatable bonds is 5. The number of carbonyl (C=O) groups excluding carboxylic acids is 2. The Morgan fingerprint density at radius 2 is 2.04 bits per heavy atom. The molecule has 0 saturated heterocycles. The van der Waals surface area contributed by atoms with Gasteiger partial charge in [0.05, 0.1) is 19.0 Å². The number of aryl methyl sites for hydroxylation is 2. The summed E-state index contributed by atoms with van der Waals surface area (Å²) in [5.41, 5.74) is 9.31. The van der Waals surface area contributed by atoms with E-state index in [0.29, 0.717) is 24.9 Å². The number of ether oxygens (including phenoxy) is 1. The van der Waals surface area contributed by atoms with Gasteiger partial charge in [0.1, 0.15) is 5.54 Å². The Balaban J connectivity index is 1.67. The predicted molar refractivity (Wildman–Crippen MR) is 98.6 cm³/mol. The molecule has 3 rings (SSSR count). The highest BCUT2D eigenvalue weighted by Gasteiger charge is 2.37. The summed E-state index contributed by atoms with van der Waals surface area (Å²) in [6, 6.07) is 9.90. The van der Waals surface area contributed by atoms with Crippen LogP contribution in [0.1, 0.15) is 29.5 Å². The van der Waals surface area contributed by atoms with Gasteiger partial charge in [0.25, 0.3) is 0 Å². The molecule has 6 heteroatoms. The second-order valence-corrected chi connectivity index (χ2v) is 6.71. The average molecular weight is 353 g/mol. The first-order chi connectivity index (χ1) is 12.5. The molecule has 0 fully saturated rings. The van der Waals surface area contributed by atoms with Gasteiger partial charge in [0, 0.05) is 12.6 Å². The van der Waals surface area contributed by atoms with Gasteiger partial charge in [-0.1, -0.05) is 24.3 Å². The van der Waals surface area contributed by atoms with E-state index in [0.717, 1.165) is 17.5 Å². The number of nitrogens with two attached hydrogens (primary N) is 1. The number of methoxy groups -OCH3 is 1. The highest BCUT2D eigenvalue weighted by Crippen LogP contribution is 2.28. The molecule has 1 aromatic carbocycles. The number of carbonyl (C=O) groups is 2. The lowest BCUT2D eigenvalue weighted by Crippen LogP contribution is -2.54. The van der Waals surface area contributed by atoms with E-state index in [1.54, 1.807) is 12.4 Å². The molecule has 0 bridgehead atoms. The molecule has 1 amide bonds. The Kier molecular flexibility index (Phi) is 5.32. The van der Waals surface area contributed by atoms with Crippen LogP contribution in [-0.2, 0) is 33.6 Å². The van der Waals surface area contributed by atoms with E-state index >= 15 is 0 Å². The van der Waals surface area contributed by atoms with Gasteiger partial charge < -0.3 is 15.8 Å². The molecule has 1 aromatic heterocycles. The van der Waals surface area contributed by atoms with E-state index in [4.69, 9.17) is 5.73 Å². The molecule has 1 heterocycles. The standard InChI is InChI=1S/C20H23N3O3/c1-26-18(24)7-6-14-10-17(13-22-12-14)23-19(25)20(21)9-8-15-4-2-3-5-16(15)11-20/h2-5,10,12-13H,6-9,11,21H2,1H3,(H,23,25). The summed E-state index contributed by atoms with van der Waals surface area (Å²) in [6.45, 7) is 0. The number of nitrogens with zero attached hydrogens (tertiary/aromatic N) is 1. The lowest BCUT2D eigenvalue weighted by Gasteiger charge is -2.33. The van der Waals surface area contributed by atoms with Crippen molar-refractivity contribution >= 4 is 17.6 Å². The molecule has 0 radical (unpaired) electrons. The Morgan fingerprint density at radius 3 is 2.81 bits per heavy atom. The first-order valence-electron chi connectivity index (χ1n) is 8.68. The van der Waals surface area contributed by atoms with E-state index < -0.39 is 5.54 Å². The van der Waals surface area contributed by atoms with Crippen LogP contribution in [0.5, 0.6) is 0 Å². The van der Waals surface area contributed by atoms with Crippen molar-refractivity contribution in [1.29, 1.82) is 0 Å². The van der Waals surface area contributed by atoms with Gasteiger partial charge in [-0.25, -0.2) is 0 Å². The molecule has 1 aliphatic carbocycles. The van der Waals surface area contributed by atoms with Crippen LogP contribution in [0.3, 0.4) is 0 Å². The highest BCUT2D eigenvalue weighted by molar-refractivity contribution is 5.98. The van der Waals surface area contributed by atoms with Crippen LogP contribution in [0.4, 0.5) is 5.69 Å². The van der Waals surface area contributed by atoms with E-state index in [2.05, 4.69) is 21.1 Å². The Morgan fingerprint density at radius 1 is 1.27 bits per heavy atom. The van der Waals surface area contributed by atoms with Crippen molar-refractivity contribution in [2.24, 2.45) is 5.73 Å². The van der Waals surface area contributed by atoms with E-state index in [9.17, 15) is 9.59 Å². The van der Waals surface area contributed by atoms with Crippen molar-refractivity contribution in [1.82, 2.24) is 4.98 Å². The molecule has 136 valence electrons. The number of hydrogen-bond acceptors (Lipinski definition) is 5. The predicted octanol–water partition coefficient (Wildman–Crippen LogP) is 2.01. The molecule has 1 unspecified atom stereocenters. The second kappa shape index (κ2) is 7.66. The third kappa shape index (κ3) is 4.08. The van der Waals surface area contributed by atoms with Crippen molar-refractivity contribution in [2.45, 2.75) is 37.6 Å². The van der Waals surface area contributed by atoms with Crippen molar-refractivity contribution in [3.05, 3.63) is 59.4 Å². The SMILES string of the molecule is COC(=O)CCc1cncc(NC(=O)C2(N)CCc3ccccc3C2)c1. The Bertz CT molecular complexity index is 821. The van der Waals surface area contributed by atoms with Crippen molar-refractivity contribution in [3.63, 3.8) is 0 Å². The zero-order valence-electron chi connectivity index (χ0n) is 14.8. The molecular weight excluding hydrogens is 330 g/mol. The number of esters is 1. The molecule has 6 nitrogen and oxygen atoms in total. The summed E-state index contributed by atoms with van der Waals surface area (Å²) in [5.74, 6) is -0.486. The number of aromatic nitrogens is 1. The quantitative estimate of drug-likeness (QED) is 0.802. The summed E-state index contributed by atoms with van der Waals surface area (Å²) >= 11 is 0. The fraction of sp³-hybridized carbons (Fsp3) is 0.350. The zero-order valence-corrected chi connectivity index (χ0v) is 14.8. The van der Waals surface area contributed by atoms with Crippen molar-refractivity contribution in [3.8, 4) is 0 Å². The van der Waals surface area contributed by atoms with Gasteiger partial charge >= 0.3 is 5.97 Å². The largest absolute Gasteiger partial charge is 0.469 e. The number of fused-ring (bicyclic) bond motifs is 1. The van der Waals surface area contributed by atoms with Gasteiger partial charge in [-0.3, -0.25) is 14.6 Å². The molecule has 0 saturated carbocycles. The molecule has 3 N–H and O–H groups in total. The normalized spacial score (nSPS) is 18.7. The lowest BCUT2D eigenvalue weighted by molar-refractivity contribution is -0.140. The fourth-order valence-corrected chi connectivity index (χ4v) is 3.25. The van der Waals surface area contributed by atoms with Gasteiger partial charge in [0.2, 0.25) is 5.91 Å². The molecular formula is C20H23N3O3. The van der Waals surface area contributed by atoms with E-state index in [1.165, 1.54) is 12.7 Å². The van der Waals surface area contributed by atoms with Gasteiger partial charge in [0.15, 0.2) is 0 Å². The molecule has 2 aromatic rings. The zero-order chi connectivity index (χ0) is 18.6. The summed E-state index contributed by atoms with van der Waals surface area (Å²) in [5, 5.41) is 2.88. The number of anilines is 1. The third-order valence-corrected chi connectivity index (χ3v) is 4.82. The number of amides is 1. The van der Waals surface area contributed by atoms with Crippen LogP contribution < -0.4 is 11.1 Å². The van der Waals surface area contributed by atoms with Crippen LogP contribution in [0, 0.1) is 0 Å². The lowest BCUT2D eigenvalue weighted by atomic mass is 9.78. The number of benzene rings is 1. The second-order valence-electron chi connectivity index (χ2n) is 6.71. The topological polar surface area (TPSA) is 94.3 Å². The van der Waals surface area contributed by atoms with Crippen LogP contribution >= 0.6 is 0 Å². The number of nitrogens with one attached hydrogen (secondary N) is 1. The molecule has 1 aliphatic rings. The minimum absolute atomic E-state index is 0.209. The smallest absolute Gasteiger partial charge is 0.305 e. The monoisotopic (exact) mass is 353 g/mol. The first-order valence-corrected chi connectivity index (χ1v) is 8.68. The van der Waals surface area contributed by atoms with Crippen LogP contribution in [0.25, 0.3) is 0 Å². The van der Waals surface area contributed by atoms with Crippen molar-refractivity contribution in [2.75, 3.05) is 12.4 Å². The maximum atomic E-state index is 12.8. The minimum Gasteiger partial charge on any atom is -0.469 e. The van der Waals surface area contributed by atoms with Crippen LogP contribution in [0.15, 0.2) is 42.7 Å². The molecule has 1 atom stereocenters. The summed E-state index contributed by atoms with van der Waals surface area (Å²) in [4.78, 5) is 28.2. The maximum Gasteiger partial charge on any atom is 0.305 e. The molecule has 0 spiro atoms. The Labute approximate surface area is 152 Å². The minimum atomic E-state index is -0.934. The Hall–Kier alpha value is -2.73. The number of pyridine rings is 1. The summed E-state index contributed by atoms with van der Waals surface area (Å²) < 4.78 is 4.64. The van der Waals surface area contributed by atoms with E-state index in [-0.39, 0.29) is 18.3 Å². The summed E-state index contributed by atoms with van der Waals surface area (Å²) in [6.07, 6.45) is 5.94. The highest BCUT2D eigenvalue weighted by atomic mass is 16.5. The maximum absolute atomic E-state index is 12.8. The van der Waals surface area contributed by atoms with Gasteiger partial charge in [-0.05, 0) is 48.4 Å². The van der Waals surface area contributed by atoms with Crippen LogP contribution in [-0.4, -0.2) is 29.5 Å². The van der Waals surface area contributed by atoms with Gasteiger partial charge in [-0.2, -0.15) is 0 Å². The number of hydrogen-bond donors (Lipinski definition) is 2. The fourth-order valence-electron chi connectivity index (χ4n) is 3.25. The molecule has 26 heavy (non-hydrogen) atoms. The first kappa shape index (κ1) is 18.1.